The first kappa shape index (κ1) is 9.79. The van der Waals surface area contributed by atoms with Crippen LogP contribution in [-0.4, -0.2) is 10.1 Å². The van der Waals surface area contributed by atoms with Gasteiger partial charge in [-0.15, -0.1) is 0 Å². The fraction of sp³-hybridized carbons (Fsp3) is 0.286. The van der Waals surface area contributed by atoms with E-state index in [0.29, 0.717) is 6.20 Å². The molecule has 6 heteroatoms. The highest BCUT2D eigenvalue weighted by Crippen LogP contribution is 2.26. The summed E-state index contributed by atoms with van der Waals surface area (Å²) in [5, 5.41) is 8.65. The van der Waals surface area contributed by atoms with Gasteiger partial charge in [0, 0.05) is 5.56 Å². The molecule has 3 nitrogen and oxygen atoms in total. The van der Waals surface area contributed by atoms with Crippen molar-refractivity contribution in [1.82, 2.24) is 4.98 Å². The fourth-order valence-electron chi connectivity index (χ4n) is 0.910. The minimum Gasteiger partial charge on any atom is -0.396 e. The van der Waals surface area contributed by atoms with Crippen molar-refractivity contribution >= 4 is 5.69 Å². The van der Waals surface area contributed by atoms with Gasteiger partial charge < -0.3 is 10.8 Å². The zero-order valence-corrected chi connectivity index (χ0v) is 6.47. The molecule has 1 heterocycles. The molecule has 0 aliphatic heterocycles. The molecule has 72 valence electrons. The van der Waals surface area contributed by atoms with Gasteiger partial charge in [0.05, 0.1) is 18.5 Å². The van der Waals surface area contributed by atoms with Crippen molar-refractivity contribution in [3.63, 3.8) is 0 Å². The number of pyridine rings is 1. The minimum atomic E-state index is -2.87. The zero-order valence-electron chi connectivity index (χ0n) is 6.47. The van der Waals surface area contributed by atoms with Crippen LogP contribution in [0.15, 0.2) is 6.20 Å². The quantitative estimate of drug-likeness (QED) is 0.740. The van der Waals surface area contributed by atoms with Crippen molar-refractivity contribution in [3.8, 4) is 0 Å². The Labute approximate surface area is 72.0 Å². The van der Waals surface area contributed by atoms with Gasteiger partial charge in [-0.1, -0.05) is 0 Å². The number of aliphatic hydroxyl groups is 1. The van der Waals surface area contributed by atoms with Gasteiger partial charge in [0.2, 0.25) is 0 Å². The van der Waals surface area contributed by atoms with E-state index in [0.717, 1.165) is 0 Å². The minimum absolute atomic E-state index is 0.352. The lowest BCUT2D eigenvalue weighted by atomic mass is 10.1. The topological polar surface area (TPSA) is 59.1 Å². The predicted octanol–water partition coefficient (Wildman–Crippen LogP) is 1.23. The molecule has 0 unspecified atom stereocenters. The van der Waals surface area contributed by atoms with Crippen LogP contribution in [0.4, 0.5) is 18.9 Å². The average Bonchev–Trinajstić information content (AvgIpc) is 2.09. The Hall–Kier alpha value is -1.30. The highest BCUT2D eigenvalue weighted by atomic mass is 19.3. The average molecular weight is 192 g/mol. The summed E-state index contributed by atoms with van der Waals surface area (Å²) in [6.45, 7) is -0.754. The maximum absolute atomic E-state index is 12.7. The van der Waals surface area contributed by atoms with Crippen LogP contribution in [-0.2, 0) is 6.61 Å². The summed E-state index contributed by atoms with van der Waals surface area (Å²) in [4.78, 5) is 3.14. The van der Waals surface area contributed by atoms with Crippen LogP contribution in [0.2, 0.25) is 0 Å². The monoisotopic (exact) mass is 192 g/mol. The molecular weight excluding hydrogens is 185 g/mol. The predicted molar refractivity (Wildman–Crippen MR) is 39.5 cm³/mol. The molecule has 0 aliphatic carbocycles. The number of aliphatic hydroxyl groups excluding tert-OH is 1. The van der Waals surface area contributed by atoms with Crippen molar-refractivity contribution in [3.05, 3.63) is 23.3 Å². The molecule has 13 heavy (non-hydrogen) atoms. The molecule has 0 fully saturated rings. The molecule has 1 aromatic rings. The third kappa shape index (κ3) is 1.72. The first-order chi connectivity index (χ1) is 6.07. The Morgan fingerprint density at radius 1 is 1.54 bits per heavy atom. The number of anilines is 1. The third-order valence-electron chi connectivity index (χ3n) is 1.57. The van der Waals surface area contributed by atoms with Crippen LogP contribution in [0.5, 0.6) is 0 Å². The van der Waals surface area contributed by atoms with E-state index < -0.39 is 30.2 Å². The van der Waals surface area contributed by atoms with Crippen LogP contribution in [0, 0.1) is 5.82 Å². The maximum Gasteiger partial charge on any atom is 0.280 e. The number of hydrogen-bond acceptors (Lipinski definition) is 3. The molecule has 1 rings (SSSR count). The number of halogens is 3. The van der Waals surface area contributed by atoms with Crippen LogP contribution < -0.4 is 5.73 Å². The Bertz CT molecular complexity index is 317. The maximum atomic E-state index is 12.7. The highest BCUT2D eigenvalue weighted by molar-refractivity contribution is 5.49. The van der Waals surface area contributed by atoms with Gasteiger partial charge in [-0.3, -0.25) is 4.98 Å². The number of alkyl halides is 2. The van der Waals surface area contributed by atoms with Crippen molar-refractivity contribution < 1.29 is 18.3 Å². The number of nitrogens with two attached hydrogens (primary N) is 1. The third-order valence-corrected chi connectivity index (χ3v) is 1.57. The van der Waals surface area contributed by atoms with Gasteiger partial charge in [0.1, 0.15) is 5.69 Å². The van der Waals surface area contributed by atoms with Gasteiger partial charge in [-0.2, -0.15) is 0 Å². The lowest BCUT2D eigenvalue weighted by Crippen LogP contribution is -2.05. The van der Waals surface area contributed by atoms with E-state index in [1.165, 1.54) is 0 Å². The number of nitrogen functional groups attached to an aromatic ring is 1. The molecule has 3 N–H and O–H groups in total. The summed E-state index contributed by atoms with van der Waals surface area (Å²) in [5.74, 6) is -0.909. The molecule has 0 amide bonds. The molecule has 1 aromatic heterocycles. The molecule has 0 saturated heterocycles. The van der Waals surface area contributed by atoms with E-state index in [-0.39, 0.29) is 5.56 Å². The summed E-state index contributed by atoms with van der Waals surface area (Å²) in [5.41, 5.74) is 3.61. The van der Waals surface area contributed by atoms with E-state index in [1.807, 2.05) is 0 Å². The summed E-state index contributed by atoms with van der Waals surface area (Å²) in [7, 11) is 0. The van der Waals surface area contributed by atoms with Crippen LogP contribution in [0.1, 0.15) is 17.7 Å². The molecule has 0 saturated carbocycles. The smallest absolute Gasteiger partial charge is 0.280 e. The normalized spacial score (nSPS) is 10.8. The molecule has 0 spiro atoms. The first-order valence-corrected chi connectivity index (χ1v) is 3.39. The van der Waals surface area contributed by atoms with Gasteiger partial charge in [-0.05, 0) is 0 Å². The Balaban J connectivity index is 3.30. The van der Waals surface area contributed by atoms with Gasteiger partial charge in [0.15, 0.2) is 5.82 Å². The summed E-state index contributed by atoms with van der Waals surface area (Å²) in [6.07, 6.45) is -2.26. The Kier molecular flexibility index (Phi) is 2.72. The van der Waals surface area contributed by atoms with E-state index >= 15 is 0 Å². The second-order valence-electron chi connectivity index (χ2n) is 2.34. The number of rotatable bonds is 2. The van der Waals surface area contributed by atoms with Gasteiger partial charge in [-0.25, -0.2) is 13.2 Å². The summed E-state index contributed by atoms with van der Waals surface area (Å²) < 4.78 is 37.0. The summed E-state index contributed by atoms with van der Waals surface area (Å²) >= 11 is 0. The van der Waals surface area contributed by atoms with Crippen molar-refractivity contribution in [2.24, 2.45) is 0 Å². The highest BCUT2D eigenvalue weighted by Gasteiger charge is 2.18. The molecular formula is C7H7F3N2O. The van der Waals surface area contributed by atoms with Crippen molar-refractivity contribution in [2.75, 3.05) is 5.73 Å². The first-order valence-electron chi connectivity index (χ1n) is 3.39. The lowest BCUT2D eigenvalue weighted by Gasteiger charge is -2.08. The van der Waals surface area contributed by atoms with Crippen molar-refractivity contribution in [1.29, 1.82) is 0 Å². The lowest BCUT2D eigenvalue weighted by molar-refractivity contribution is 0.141. The summed E-state index contributed by atoms with van der Waals surface area (Å²) in [6, 6.07) is 0. The SMILES string of the molecule is Nc1c(F)cnc(C(F)F)c1CO. The van der Waals surface area contributed by atoms with E-state index in [9.17, 15) is 13.2 Å². The largest absolute Gasteiger partial charge is 0.396 e. The number of hydrogen-bond donors (Lipinski definition) is 2. The Morgan fingerprint density at radius 2 is 2.15 bits per heavy atom. The molecule has 0 bridgehead atoms. The second kappa shape index (κ2) is 3.61. The van der Waals surface area contributed by atoms with Crippen LogP contribution in [0.25, 0.3) is 0 Å². The number of nitrogens with zero attached hydrogens (tertiary/aromatic N) is 1. The second-order valence-corrected chi connectivity index (χ2v) is 2.34. The van der Waals surface area contributed by atoms with Crippen molar-refractivity contribution in [2.45, 2.75) is 13.0 Å². The molecule has 0 atom stereocenters. The zero-order chi connectivity index (χ0) is 10.0. The fourth-order valence-corrected chi connectivity index (χ4v) is 0.910. The standard InChI is InChI=1S/C7H7F3N2O/c8-4-1-12-6(7(9)10)3(2-13)5(4)11/h1,7,13H,2H2,(H2,11,12). The number of aromatic nitrogens is 1. The molecule has 0 radical (unpaired) electrons. The Morgan fingerprint density at radius 3 is 2.62 bits per heavy atom. The van der Waals surface area contributed by atoms with E-state index in [1.54, 1.807) is 0 Å². The van der Waals surface area contributed by atoms with Gasteiger partial charge in [0.25, 0.3) is 6.43 Å². The molecule has 0 aliphatic rings. The molecule has 0 aromatic carbocycles. The van der Waals surface area contributed by atoms with Crippen LogP contribution in [0.3, 0.4) is 0 Å². The van der Waals surface area contributed by atoms with E-state index in [2.05, 4.69) is 4.98 Å². The van der Waals surface area contributed by atoms with E-state index in [4.69, 9.17) is 10.8 Å². The van der Waals surface area contributed by atoms with Crippen LogP contribution >= 0.6 is 0 Å². The van der Waals surface area contributed by atoms with Gasteiger partial charge >= 0.3 is 0 Å².